The van der Waals surface area contributed by atoms with E-state index in [4.69, 9.17) is 27.7 Å². The van der Waals surface area contributed by atoms with E-state index >= 15 is 0 Å². The molecule has 4 aromatic rings. The molecule has 6 nitrogen and oxygen atoms in total. The van der Waals surface area contributed by atoms with Crippen molar-refractivity contribution in [3.05, 3.63) is 24.3 Å². The summed E-state index contributed by atoms with van der Waals surface area (Å²) in [4.78, 5) is 9.90. The summed E-state index contributed by atoms with van der Waals surface area (Å²) >= 11 is 0. The van der Waals surface area contributed by atoms with Crippen LogP contribution in [0.1, 0.15) is 0 Å². The molecule has 2 heterocycles. The molecule has 0 saturated carbocycles. The molecular weight excluding hydrogens is 517 g/mol. The highest BCUT2D eigenvalue weighted by Crippen LogP contribution is 2.46. The molecule has 0 aliphatic heterocycles. The number of pyridine rings is 2. The molecule has 0 radical (unpaired) electrons. The van der Waals surface area contributed by atoms with E-state index in [-0.39, 0.29) is 0 Å². The lowest BCUT2D eigenvalue weighted by Gasteiger charge is -2.27. The van der Waals surface area contributed by atoms with E-state index in [1.54, 1.807) is 0 Å². The van der Waals surface area contributed by atoms with Gasteiger partial charge < -0.3 is 17.7 Å². The third-order valence-corrected chi connectivity index (χ3v) is 8.32. The smallest absolute Gasteiger partial charge is 0.244 e. The van der Waals surface area contributed by atoms with Crippen molar-refractivity contribution in [1.82, 2.24) is 9.97 Å². The first-order valence-corrected chi connectivity index (χ1v) is 26.2. The van der Waals surface area contributed by atoms with Gasteiger partial charge in [-0.2, -0.15) is 9.97 Å². The summed E-state index contributed by atoms with van der Waals surface area (Å²) in [7, 11) is -7.75. The second-order valence-electron chi connectivity index (χ2n) is 13.4. The summed E-state index contributed by atoms with van der Waals surface area (Å²) in [5, 5.41) is 6.08. The van der Waals surface area contributed by atoms with E-state index in [0.717, 1.165) is 32.3 Å². The van der Waals surface area contributed by atoms with Crippen LogP contribution < -0.4 is 17.7 Å². The number of aromatic nitrogens is 2. The Morgan fingerprint density at radius 1 is 0.389 bits per heavy atom. The van der Waals surface area contributed by atoms with Gasteiger partial charge in [-0.05, 0) is 103 Å². The fourth-order valence-corrected chi connectivity index (χ4v) is 7.05. The van der Waals surface area contributed by atoms with Gasteiger partial charge in [0.2, 0.25) is 56.8 Å². The van der Waals surface area contributed by atoms with Gasteiger partial charge in [0.1, 0.15) is 0 Å². The lowest BCUT2D eigenvalue weighted by Crippen LogP contribution is -2.32. The van der Waals surface area contributed by atoms with Crippen molar-refractivity contribution in [1.29, 1.82) is 0 Å². The van der Waals surface area contributed by atoms with Crippen LogP contribution in [0, 0.1) is 0 Å². The molecule has 36 heavy (non-hydrogen) atoms. The lowest BCUT2D eigenvalue weighted by atomic mass is 9.96. The van der Waals surface area contributed by atoms with Crippen molar-refractivity contribution in [2.24, 2.45) is 0 Å². The number of benzene rings is 2. The topological polar surface area (TPSA) is 62.7 Å². The second-order valence-corrected chi connectivity index (χ2v) is 31.1. The van der Waals surface area contributed by atoms with E-state index in [1.165, 1.54) is 0 Å². The van der Waals surface area contributed by atoms with Crippen LogP contribution in [0.2, 0.25) is 78.6 Å². The summed E-state index contributed by atoms with van der Waals surface area (Å²) < 4.78 is 26.1. The Morgan fingerprint density at radius 2 is 0.583 bits per heavy atom. The molecule has 0 atom stereocenters. The van der Waals surface area contributed by atoms with Crippen molar-refractivity contribution in [2.45, 2.75) is 78.6 Å². The SMILES string of the molecule is C[Si](C)(C)Oc1nc(O[Si](C)(C)C)c2ccc3c(O[Si](C)(C)C)nc(O[Si](C)(C)C)c4ccc1c2c43. The van der Waals surface area contributed by atoms with Gasteiger partial charge in [-0.15, -0.1) is 0 Å². The lowest BCUT2D eigenvalue weighted by molar-refractivity contribution is 0.500. The monoisotopic (exact) mass is 556 g/mol. The molecule has 0 bridgehead atoms. The Balaban J connectivity index is 2.17. The number of hydrogen-bond donors (Lipinski definition) is 0. The van der Waals surface area contributed by atoms with Crippen LogP contribution in [0.5, 0.6) is 23.5 Å². The first-order valence-electron chi connectivity index (χ1n) is 12.6. The quantitative estimate of drug-likeness (QED) is 0.161. The van der Waals surface area contributed by atoms with Gasteiger partial charge in [0.25, 0.3) is 0 Å². The van der Waals surface area contributed by atoms with E-state index in [1.807, 2.05) is 0 Å². The molecule has 2 aromatic heterocycles. The fourth-order valence-electron chi connectivity index (χ4n) is 4.11. The molecule has 10 heteroatoms. The predicted molar refractivity (Wildman–Crippen MR) is 162 cm³/mol. The summed E-state index contributed by atoms with van der Waals surface area (Å²) in [5.41, 5.74) is 0. The van der Waals surface area contributed by atoms with E-state index in [2.05, 4.69) is 103 Å². The van der Waals surface area contributed by atoms with Crippen LogP contribution in [0.15, 0.2) is 24.3 Å². The summed E-state index contributed by atoms with van der Waals surface area (Å²) in [6, 6.07) is 8.40. The first-order chi connectivity index (χ1) is 16.3. The van der Waals surface area contributed by atoms with Gasteiger partial charge in [-0.25, -0.2) is 0 Å². The molecule has 0 aliphatic rings. The van der Waals surface area contributed by atoms with Crippen molar-refractivity contribution in [3.8, 4) is 23.5 Å². The molecular formula is C26H40N2O4Si4. The van der Waals surface area contributed by atoms with Crippen LogP contribution in [0.25, 0.3) is 32.3 Å². The average Bonchev–Trinajstić information content (AvgIpc) is 2.65. The maximum atomic E-state index is 6.53. The summed E-state index contributed by atoms with van der Waals surface area (Å²) in [5.74, 6) is 2.56. The maximum absolute atomic E-state index is 6.53. The highest BCUT2D eigenvalue weighted by atomic mass is 28.4. The van der Waals surface area contributed by atoms with Gasteiger partial charge in [0.05, 0.1) is 0 Å². The minimum Gasteiger partial charge on any atom is -0.531 e. The first kappa shape index (κ1) is 26.9. The number of hydrogen-bond acceptors (Lipinski definition) is 6. The molecule has 0 saturated heterocycles. The van der Waals surface area contributed by atoms with Gasteiger partial charge >= 0.3 is 0 Å². The molecule has 0 fully saturated rings. The highest BCUT2D eigenvalue weighted by molar-refractivity contribution is 6.71. The largest absolute Gasteiger partial charge is 0.531 e. The molecule has 0 N–H and O–H groups in total. The van der Waals surface area contributed by atoms with Crippen LogP contribution in [0.3, 0.4) is 0 Å². The standard InChI is InChI=1S/C26H40N2O4Si4/c1-33(2,3)29-23-17-13-14-19-22-20(16-15-18(21(17)22)24(27-23)30-34(4,5)6)26(32-36(10,11)12)28-25(19)31-35(7,8)9/h13-16H,1-12H3. The van der Waals surface area contributed by atoms with Gasteiger partial charge in [0, 0.05) is 32.3 Å². The Hall–Kier alpha value is -2.15. The summed E-state index contributed by atoms with van der Waals surface area (Å²) in [6.07, 6.45) is 0. The van der Waals surface area contributed by atoms with Gasteiger partial charge in [0.15, 0.2) is 0 Å². The van der Waals surface area contributed by atoms with Crippen molar-refractivity contribution in [2.75, 3.05) is 0 Å². The Labute approximate surface area is 219 Å². The maximum Gasteiger partial charge on any atom is 0.244 e. The normalized spacial score (nSPS) is 13.6. The Kier molecular flexibility index (Phi) is 6.51. The van der Waals surface area contributed by atoms with Crippen LogP contribution in [-0.4, -0.2) is 43.2 Å². The van der Waals surface area contributed by atoms with E-state index in [0.29, 0.717) is 23.5 Å². The summed E-state index contributed by atoms with van der Waals surface area (Å²) in [6.45, 7) is 26.1. The average molecular weight is 557 g/mol. The zero-order valence-electron chi connectivity index (χ0n) is 23.8. The van der Waals surface area contributed by atoms with Gasteiger partial charge in [-0.1, -0.05) is 0 Å². The number of rotatable bonds is 8. The second kappa shape index (κ2) is 8.71. The third-order valence-electron chi connectivity index (χ3n) is 5.10. The van der Waals surface area contributed by atoms with Crippen LogP contribution >= 0.6 is 0 Å². The Morgan fingerprint density at radius 3 is 0.750 bits per heavy atom. The number of nitrogens with zero attached hydrogens (tertiary/aromatic N) is 2. The van der Waals surface area contributed by atoms with Crippen molar-refractivity contribution >= 4 is 65.6 Å². The van der Waals surface area contributed by atoms with Crippen LogP contribution in [0.4, 0.5) is 0 Å². The van der Waals surface area contributed by atoms with Crippen LogP contribution in [-0.2, 0) is 0 Å². The van der Waals surface area contributed by atoms with E-state index in [9.17, 15) is 0 Å². The van der Waals surface area contributed by atoms with E-state index < -0.39 is 33.3 Å². The molecule has 0 unspecified atom stereocenters. The zero-order chi connectivity index (χ0) is 26.8. The minimum atomic E-state index is -1.94. The molecule has 0 amide bonds. The molecule has 0 aliphatic carbocycles. The predicted octanol–water partition coefficient (Wildman–Crippen LogP) is 8.23. The molecule has 4 rings (SSSR count). The minimum absolute atomic E-state index is 0.640. The van der Waals surface area contributed by atoms with Gasteiger partial charge in [-0.3, -0.25) is 0 Å². The molecule has 2 aromatic carbocycles. The Bertz CT molecular complexity index is 1220. The van der Waals surface area contributed by atoms with Crippen molar-refractivity contribution in [3.63, 3.8) is 0 Å². The zero-order valence-corrected chi connectivity index (χ0v) is 27.8. The highest BCUT2D eigenvalue weighted by Gasteiger charge is 2.29. The molecule has 0 spiro atoms. The van der Waals surface area contributed by atoms with Crippen molar-refractivity contribution < 1.29 is 17.7 Å². The molecule has 194 valence electrons. The fraction of sp³-hybridized carbons (Fsp3) is 0.462. The third kappa shape index (κ3) is 5.87.